The Bertz CT molecular complexity index is 640. The van der Waals surface area contributed by atoms with Gasteiger partial charge in [0.1, 0.15) is 23.1 Å². The van der Waals surface area contributed by atoms with Gasteiger partial charge in [-0.2, -0.15) is 0 Å². The average molecular weight is 564 g/mol. The van der Waals surface area contributed by atoms with E-state index < -0.39 is 49.6 Å². The summed E-state index contributed by atoms with van der Waals surface area (Å²) >= 11 is 0. The minimum Gasteiger partial charge on any atom is -0.550 e. The largest absolute Gasteiger partial charge is 4.00 e. The molecule has 0 aromatic carbocycles. The molecule has 0 aliphatic heterocycles. The van der Waals surface area contributed by atoms with Gasteiger partial charge in [-0.15, -0.1) is 0 Å². The van der Waals surface area contributed by atoms with Crippen molar-refractivity contribution in [1.29, 1.82) is 0 Å². The third-order valence-electron chi connectivity index (χ3n) is 3.85. The maximum Gasteiger partial charge on any atom is 4.00 e. The van der Waals surface area contributed by atoms with Gasteiger partial charge in [0.25, 0.3) is 0 Å². The number of rotatable bonds is 12. The molecule has 0 saturated carbocycles. The van der Waals surface area contributed by atoms with E-state index in [4.69, 9.17) is 0 Å². The smallest absolute Gasteiger partial charge is 0.550 e. The quantitative estimate of drug-likeness (QED) is 0.176. The molecule has 0 amide bonds. The van der Waals surface area contributed by atoms with Crippen molar-refractivity contribution in [2.75, 3.05) is 0 Å². The molecular formula is C24H36O12Ti. The van der Waals surface area contributed by atoms with Crippen molar-refractivity contribution in [3.63, 3.8) is 0 Å². The van der Waals surface area contributed by atoms with Crippen LogP contribution in [0.1, 0.15) is 81.1 Å². The molecule has 208 valence electrons. The van der Waals surface area contributed by atoms with Gasteiger partial charge < -0.3 is 39.6 Å². The fourth-order valence-corrected chi connectivity index (χ4v) is 1.39. The number of carbonyl (C=O) groups is 8. The first kappa shape index (κ1) is 44.3. The number of ketones is 4. The molecule has 0 rings (SSSR count). The van der Waals surface area contributed by atoms with Crippen LogP contribution in [0.25, 0.3) is 0 Å². The number of hydrogen-bond donors (Lipinski definition) is 0. The van der Waals surface area contributed by atoms with Crippen LogP contribution in [0.5, 0.6) is 0 Å². The van der Waals surface area contributed by atoms with Gasteiger partial charge in [0.2, 0.25) is 0 Å². The summed E-state index contributed by atoms with van der Waals surface area (Å²) in [5.74, 6) is -7.14. The number of Topliss-reactive ketones (excluding diaryl/α,β-unsaturated/α-hetero) is 4. The van der Waals surface area contributed by atoms with Crippen molar-refractivity contribution in [3.8, 4) is 0 Å². The molecule has 0 N–H and O–H groups in total. The van der Waals surface area contributed by atoms with Crippen molar-refractivity contribution in [1.82, 2.24) is 0 Å². The van der Waals surface area contributed by atoms with E-state index in [0.717, 1.165) is 0 Å². The molecule has 0 aromatic rings. The van der Waals surface area contributed by atoms with Crippen molar-refractivity contribution in [2.45, 2.75) is 81.1 Å². The van der Waals surface area contributed by atoms with Crippen LogP contribution in [0.3, 0.4) is 0 Å². The van der Waals surface area contributed by atoms with Crippen molar-refractivity contribution >= 4 is 47.0 Å². The van der Waals surface area contributed by atoms with Crippen LogP contribution in [0.4, 0.5) is 0 Å². The molecule has 0 fully saturated rings. The first-order chi connectivity index (χ1) is 16.1. The molecule has 0 aromatic heterocycles. The van der Waals surface area contributed by atoms with E-state index in [1.165, 1.54) is 0 Å². The minimum absolute atomic E-state index is 0. The predicted molar refractivity (Wildman–Crippen MR) is 118 cm³/mol. The molecule has 0 heterocycles. The van der Waals surface area contributed by atoms with Crippen molar-refractivity contribution in [2.24, 2.45) is 23.7 Å². The predicted octanol–water partition coefficient (Wildman–Crippen LogP) is -2.60. The van der Waals surface area contributed by atoms with E-state index in [9.17, 15) is 58.8 Å². The maximum absolute atomic E-state index is 10.5. The van der Waals surface area contributed by atoms with E-state index in [0.29, 0.717) is 0 Å². The molecule has 0 saturated heterocycles. The molecule has 0 unspecified atom stereocenters. The number of hydrogen-bond acceptors (Lipinski definition) is 12. The molecule has 13 heteroatoms. The number of carboxylic acids is 4. The summed E-state index contributed by atoms with van der Waals surface area (Å²) in [4.78, 5) is 81.3. The Morgan fingerprint density at radius 2 is 0.486 bits per heavy atom. The molecule has 0 aliphatic rings. The topological polar surface area (TPSA) is 229 Å². The average Bonchev–Trinajstić information content (AvgIpc) is 2.67. The second-order valence-corrected chi connectivity index (χ2v) is 8.68. The molecule has 37 heavy (non-hydrogen) atoms. The Kier molecular flexibility index (Phi) is 29.9. The first-order valence-electron chi connectivity index (χ1n) is 11.1. The van der Waals surface area contributed by atoms with Gasteiger partial charge in [-0.05, 0) is 0 Å². The van der Waals surface area contributed by atoms with Gasteiger partial charge in [-0.3, -0.25) is 19.2 Å². The molecule has 0 bridgehead atoms. The zero-order chi connectivity index (χ0) is 29.8. The van der Waals surface area contributed by atoms with Gasteiger partial charge in [0, 0.05) is 73.2 Å². The Hall–Kier alpha value is -2.73. The SMILES string of the molecule is CC(C)C(=O)CC(=O)[O-].CC(C)C(=O)CC(=O)[O-].CC(C)C(=O)CC(=O)[O-].CC(C)C(=O)CC(=O)[O-].[Ti+4]. The summed E-state index contributed by atoms with van der Waals surface area (Å²) in [6.45, 7) is 13.3. The molecule has 0 spiro atoms. The van der Waals surface area contributed by atoms with Crippen LogP contribution in [-0.4, -0.2) is 47.0 Å². The van der Waals surface area contributed by atoms with Crippen molar-refractivity contribution < 1.29 is 80.5 Å². The van der Waals surface area contributed by atoms with Gasteiger partial charge in [-0.25, -0.2) is 0 Å². The Labute approximate surface area is 232 Å². The van der Waals surface area contributed by atoms with Gasteiger partial charge in [0.05, 0.1) is 0 Å². The number of carboxylic acid groups (broad SMARTS) is 4. The molecular weight excluding hydrogens is 528 g/mol. The normalized spacial score (nSPS) is 9.41. The number of aliphatic carboxylic acids is 4. The van der Waals surface area contributed by atoms with Gasteiger partial charge in [-0.1, -0.05) is 55.4 Å². The molecule has 0 radical (unpaired) electrons. The van der Waals surface area contributed by atoms with E-state index >= 15 is 0 Å². The van der Waals surface area contributed by atoms with E-state index in [1.54, 1.807) is 55.4 Å². The summed E-state index contributed by atoms with van der Waals surface area (Å²) in [5.41, 5.74) is 0. The fourth-order valence-electron chi connectivity index (χ4n) is 1.39. The van der Waals surface area contributed by atoms with Gasteiger partial charge in [0.15, 0.2) is 0 Å². The third kappa shape index (κ3) is 38.0. The van der Waals surface area contributed by atoms with Gasteiger partial charge >= 0.3 is 21.7 Å². The maximum atomic E-state index is 10.5. The van der Waals surface area contributed by atoms with Crippen LogP contribution in [0, 0.1) is 23.7 Å². The standard InChI is InChI=1S/4C6H10O3.Ti/c4*1-4(2)5(7)3-6(8)9;/h4*4H,3H2,1-2H3,(H,8,9);/q;;;;+4/p-4. The monoisotopic (exact) mass is 564 g/mol. The number of carbonyl (C=O) groups excluding carboxylic acids is 8. The summed E-state index contributed by atoms with van der Waals surface area (Å²) in [7, 11) is 0. The Morgan fingerprint density at radius 1 is 0.378 bits per heavy atom. The molecule has 0 atom stereocenters. The second-order valence-electron chi connectivity index (χ2n) is 8.68. The second kappa shape index (κ2) is 24.9. The van der Waals surface area contributed by atoms with E-state index in [-0.39, 0.29) is 68.5 Å². The Morgan fingerprint density at radius 3 is 0.514 bits per heavy atom. The fraction of sp³-hybridized carbons (Fsp3) is 0.667. The minimum atomic E-state index is -1.30. The molecule has 0 aliphatic carbocycles. The zero-order valence-corrected chi connectivity index (χ0v) is 24.1. The van der Waals surface area contributed by atoms with E-state index in [2.05, 4.69) is 0 Å². The Balaban J connectivity index is -0.000000122. The van der Waals surface area contributed by atoms with Crippen LogP contribution in [0.2, 0.25) is 0 Å². The van der Waals surface area contributed by atoms with Crippen LogP contribution >= 0.6 is 0 Å². The third-order valence-corrected chi connectivity index (χ3v) is 3.85. The van der Waals surface area contributed by atoms with E-state index in [1.807, 2.05) is 0 Å². The van der Waals surface area contributed by atoms with Crippen LogP contribution < -0.4 is 20.4 Å². The van der Waals surface area contributed by atoms with Crippen LogP contribution in [0.15, 0.2) is 0 Å². The van der Waals surface area contributed by atoms with Crippen LogP contribution in [-0.2, 0) is 60.1 Å². The summed E-state index contributed by atoms with van der Waals surface area (Å²) < 4.78 is 0. The summed E-state index contributed by atoms with van der Waals surface area (Å²) in [6, 6.07) is 0. The molecule has 12 nitrogen and oxygen atoms in total. The first-order valence-corrected chi connectivity index (χ1v) is 11.1. The summed E-state index contributed by atoms with van der Waals surface area (Å²) in [6.07, 6.45) is -1.84. The zero-order valence-electron chi connectivity index (χ0n) is 22.5. The van der Waals surface area contributed by atoms with Crippen molar-refractivity contribution in [3.05, 3.63) is 0 Å². The summed E-state index contributed by atoms with van der Waals surface area (Å²) in [5, 5.41) is 39.1.